The number of phenolic OH excluding ortho intramolecular Hbond substituents is 1. The van der Waals surface area contributed by atoms with Gasteiger partial charge in [0.2, 0.25) is 9.04 Å². The lowest BCUT2D eigenvalue weighted by Crippen LogP contribution is -2.44. The molecule has 4 heteroatoms. The van der Waals surface area contributed by atoms with Crippen LogP contribution in [0.4, 0.5) is 0 Å². The molecule has 82 valence electrons. The number of rotatable bonds is 3. The summed E-state index contributed by atoms with van der Waals surface area (Å²) in [4.78, 5) is 0. The maximum atomic E-state index is 9.48. The zero-order valence-electron chi connectivity index (χ0n) is 9.13. The van der Waals surface area contributed by atoms with Gasteiger partial charge in [-0.3, -0.25) is 0 Å². The quantitative estimate of drug-likeness (QED) is 0.742. The third-order valence-corrected chi connectivity index (χ3v) is 6.35. The molecule has 0 saturated carbocycles. The Kier molecular flexibility index (Phi) is 3.56. The fourth-order valence-electron chi connectivity index (χ4n) is 1.78. The van der Waals surface area contributed by atoms with Crippen LogP contribution in [0, 0.1) is 0 Å². The topological polar surface area (TPSA) is 29.5 Å². The highest BCUT2D eigenvalue weighted by Crippen LogP contribution is 2.04. The van der Waals surface area contributed by atoms with E-state index in [1.807, 2.05) is 36.4 Å². The van der Waals surface area contributed by atoms with Gasteiger partial charge in [-0.15, -0.1) is 0 Å². The van der Waals surface area contributed by atoms with E-state index in [2.05, 4.69) is 12.1 Å². The second-order valence-corrected chi connectivity index (χ2v) is 7.60. The molecule has 0 spiro atoms. The molecule has 0 aliphatic heterocycles. The summed E-state index contributed by atoms with van der Waals surface area (Å²) < 4.78 is 5.74. The third kappa shape index (κ3) is 2.41. The molecular weight excluding hydrogens is 232 g/mol. The molecule has 0 heterocycles. The maximum absolute atomic E-state index is 9.48. The number of hydrogen-bond acceptors (Lipinski definition) is 2. The molecule has 2 aromatic carbocycles. The minimum Gasteiger partial charge on any atom is -0.508 e. The second kappa shape index (κ2) is 5.11. The van der Waals surface area contributed by atoms with Crippen LogP contribution in [0.3, 0.4) is 0 Å². The molecule has 1 unspecified atom stereocenters. The van der Waals surface area contributed by atoms with Crippen molar-refractivity contribution in [3.05, 3.63) is 54.6 Å². The van der Waals surface area contributed by atoms with E-state index in [1.54, 1.807) is 6.07 Å². The van der Waals surface area contributed by atoms with Crippen LogP contribution in [0.25, 0.3) is 0 Å². The van der Waals surface area contributed by atoms with Gasteiger partial charge in [0.05, 0.1) is 0 Å². The monoisotopic (exact) mass is 246 g/mol. The first-order chi connectivity index (χ1) is 7.81. The molecule has 0 radical (unpaired) electrons. The van der Waals surface area contributed by atoms with Gasteiger partial charge < -0.3 is 9.22 Å². The highest BCUT2D eigenvalue weighted by molar-refractivity contribution is 6.81. The molecule has 1 atom stereocenters. The van der Waals surface area contributed by atoms with Gasteiger partial charge in [0, 0.05) is 0 Å². The highest BCUT2D eigenvalue weighted by Gasteiger charge is 2.15. The van der Waals surface area contributed by atoms with Gasteiger partial charge in [-0.25, -0.2) is 0 Å². The Hall–Kier alpha value is -1.37. The average Bonchev–Trinajstić information content (AvgIpc) is 2.31. The van der Waals surface area contributed by atoms with E-state index in [9.17, 15) is 5.11 Å². The van der Waals surface area contributed by atoms with E-state index in [-0.39, 0.29) is 0 Å². The van der Waals surface area contributed by atoms with Crippen molar-refractivity contribution in [1.82, 2.24) is 0 Å². The minimum atomic E-state index is -1.56. The first kappa shape index (κ1) is 11.1. The van der Waals surface area contributed by atoms with Crippen molar-refractivity contribution in [1.29, 1.82) is 0 Å². The lowest BCUT2D eigenvalue weighted by molar-refractivity contribution is 0.475. The smallest absolute Gasteiger partial charge is 0.228 e. The van der Waals surface area contributed by atoms with Crippen molar-refractivity contribution in [3.8, 4) is 5.75 Å². The van der Waals surface area contributed by atoms with E-state index in [4.69, 9.17) is 4.12 Å². The van der Waals surface area contributed by atoms with Gasteiger partial charge in [-0.05, 0) is 22.5 Å². The zero-order valence-corrected chi connectivity index (χ0v) is 12.3. The van der Waals surface area contributed by atoms with Gasteiger partial charge in [-0.1, -0.05) is 42.5 Å². The van der Waals surface area contributed by atoms with E-state index in [0.717, 1.165) is 15.7 Å². The lowest BCUT2D eigenvalue weighted by atomic mass is 10.3. The van der Waals surface area contributed by atoms with Crippen LogP contribution in [-0.2, 0) is 4.12 Å². The molecule has 0 fully saturated rings. The molecule has 0 aromatic heterocycles. The van der Waals surface area contributed by atoms with E-state index >= 15 is 0 Å². The molecule has 0 amide bonds. The number of benzene rings is 2. The van der Waals surface area contributed by atoms with Gasteiger partial charge in [0.25, 0.3) is 0 Å². The van der Waals surface area contributed by atoms with Crippen LogP contribution < -0.4 is 10.4 Å². The van der Waals surface area contributed by atoms with E-state index in [1.165, 1.54) is 5.19 Å². The average molecular weight is 246 g/mol. The Labute approximate surface area is 99.8 Å². The predicted molar refractivity (Wildman–Crippen MR) is 72.0 cm³/mol. The SMILES string of the molecule is Oc1cccc([SiH](O[SiH3])c2ccccc2)c1. The van der Waals surface area contributed by atoms with Crippen molar-refractivity contribution in [2.24, 2.45) is 0 Å². The second-order valence-electron chi connectivity index (χ2n) is 3.62. The standard InChI is InChI=1S/C12H14O2Si2/c13-10-5-4-8-12(9-10)16(14-15)11-6-2-1-3-7-11/h1-9,13,16H,15H3. The molecule has 2 rings (SSSR count). The maximum Gasteiger partial charge on any atom is 0.228 e. The van der Waals surface area contributed by atoms with E-state index < -0.39 is 9.04 Å². The summed E-state index contributed by atoms with van der Waals surface area (Å²) >= 11 is 0. The number of phenols is 1. The molecule has 1 N–H and O–H groups in total. The summed E-state index contributed by atoms with van der Waals surface area (Å²) in [7, 11) is -0.836. The summed E-state index contributed by atoms with van der Waals surface area (Å²) in [5.74, 6) is 0.310. The molecule has 0 aliphatic rings. The number of hydrogen-bond donors (Lipinski definition) is 1. The molecule has 0 bridgehead atoms. The van der Waals surface area contributed by atoms with Crippen molar-refractivity contribution in [2.75, 3.05) is 0 Å². The van der Waals surface area contributed by atoms with Gasteiger partial charge >= 0.3 is 0 Å². The molecule has 2 aromatic rings. The van der Waals surface area contributed by atoms with Crippen LogP contribution >= 0.6 is 0 Å². The van der Waals surface area contributed by atoms with Crippen molar-refractivity contribution in [2.45, 2.75) is 0 Å². The Bertz CT molecular complexity index is 460. The fourth-order valence-corrected chi connectivity index (χ4v) is 5.52. The summed E-state index contributed by atoms with van der Waals surface area (Å²) in [6, 6.07) is 17.6. The first-order valence-corrected chi connectivity index (χ1v) is 7.62. The van der Waals surface area contributed by atoms with Crippen LogP contribution in [0.15, 0.2) is 54.6 Å². The number of aromatic hydroxyl groups is 1. The summed E-state index contributed by atoms with van der Waals surface area (Å²) in [6.45, 7) is 0. The lowest BCUT2D eigenvalue weighted by Gasteiger charge is -2.14. The van der Waals surface area contributed by atoms with Gasteiger partial charge in [0.1, 0.15) is 16.2 Å². The highest BCUT2D eigenvalue weighted by atomic mass is 28.3. The molecule has 0 saturated heterocycles. The molecule has 2 nitrogen and oxygen atoms in total. The summed E-state index contributed by atoms with van der Waals surface area (Å²) in [5, 5.41) is 11.9. The van der Waals surface area contributed by atoms with E-state index in [0.29, 0.717) is 5.75 Å². The van der Waals surface area contributed by atoms with Crippen molar-refractivity contribution < 1.29 is 9.22 Å². The molecular formula is C12H14O2Si2. The van der Waals surface area contributed by atoms with Gasteiger partial charge in [0.15, 0.2) is 0 Å². The molecule has 0 aliphatic carbocycles. The minimum absolute atomic E-state index is 0.310. The Balaban J connectivity index is 2.37. The molecule has 16 heavy (non-hydrogen) atoms. The van der Waals surface area contributed by atoms with Crippen molar-refractivity contribution >= 4 is 29.9 Å². The third-order valence-electron chi connectivity index (χ3n) is 2.51. The largest absolute Gasteiger partial charge is 0.508 e. The fraction of sp³-hybridized carbons (Fsp3) is 0. The predicted octanol–water partition coefficient (Wildman–Crippen LogP) is -0.473. The Morgan fingerprint density at radius 1 is 0.938 bits per heavy atom. The summed E-state index contributed by atoms with van der Waals surface area (Å²) in [6.07, 6.45) is 0. The van der Waals surface area contributed by atoms with Crippen LogP contribution in [0.5, 0.6) is 5.75 Å². The van der Waals surface area contributed by atoms with Crippen LogP contribution in [0.1, 0.15) is 0 Å². The zero-order chi connectivity index (χ0) is 11.4. The normalized spacial score (nSPS) is 12.5. The first-order valence-electron chi connectivity index (χ1n) is 5.18. The van der Waals surface area contributed by atoms with Gasteiger partial charge in [-0.2, -0.15) is 0 Å². The Morgan fingerprint density at radius 2 is 1.62 bits per heavy atom. The van der Waals surface area contributed by atoms with Crippen molar-refractivity contribution in [3.63, 3.8) is 0 Å². The van der Waals surface area contributed by atoms with Crippen LogP contribution in [0.2, 0.25) is 0 Å². The summed E-state index contributed by atoms with van der Waals surface area (Å²) in [5.41, 5.74) is 0. The van der Waals surface area contributed by atoms with Crippen LogP contribution in [-0.4, -0.2) is 24.6 Å². The Morgan fingerprint density at radius 3 is 2.25 bits per heavy atom.